The molecule has 5 heteroatoms. The molecule has 0 saturated heterocycles. The number of amides is 1. The van der Waals surface area contributed by atoms with E-state index in [0.717, 1.165) is 16.7 Å². The van der Waals surface area contributed by atoms with E-state index in [9.17, 15) is 9.59 Å². The second-order valence-electron chi connectivity index (χ2n) is 7.60. The number of benzene rings is 3. The number of fused-ring (bicyclic) bond motifs is 2. The van der Waals surface area contributed by atoms with Gasteiger partial charge >= 0.3 is 0 Å². The predicted octanol–water partition coefficient (Wildman–Crippen LogP) is 5.81. The predicted molar refractivity (Wildman–Crippen MR) is 119 cm³/mol. The number of hydrogen-bond acceptors (Lipinski definition) is 3. The highest BCUT2D eigenvalue weighted by Gasteiger charge is 2.43. The molecule has 0 radical (unpaired) electrons. The molecule has 0 aliphatic carbocycles. The van der Waals surface area contributed by atoms with Gasteiger partial charge in [-0.25, -0.2) is 0 Å². The van der Waals surface area contributed by atoms with Gasteiger partial charge in [0.25, 0.3) is 5.91 Å². The van der Waals surface area contributed by atoms with Crippen LogP contribution >= 0.6 is 11.6 Å². The Hall–Kier alpha value is -3.37. The smallest absolute Gasteiger partial charge is 0.295 e. The molecule has 1 aliphatic heterocycles. The zero-order valence-corrected chi connectivity index (χ0v) is 17.2. The van der Waals surface area contributed by atoms with Gasteiger partial charge < -0.3 is 4.42 Å². The summed E-state index contributed by atoms with van der Waals surface area (Å²) in [6.45, 7) is 3.83. The topological polar surface area (TPSA) is 50.5 Å². The first-order valence-electron chi connectivity index (χ1n) is 9.67. The van der Waals surface area contributed by atoms with Crippen LogP contribution in [-0.4, -0.2) is 5.91 Å². The van der Waals surface area contributed by atoms with Crippen molar-refractivity contribution >= 4 is 34.2 Å². The van der Waals surface area contributed by atoms with Crippen LogP contribution in [0.4, 0.5) is 5.69 Å². The van der Waals surface area contributed by atoms with Crippen molar-refractivity contribution in [2.75, 3.05) is 4.90 Å². The fraction of sp³-hybridized carbons (Fsp3) is 0.120. The van der Waals surface area contributed by atoms with Crippen molar-refractivity contribution < 1.29 is 9.21 Å². The summed E-state index contributed by atoms with van der Waals surface area (Å²) in [5.74, 6) is -0.264. The lowest BCUT2D eigenvalue weighted by atomic mass is 9.98. The highest BCUT2D eigenvalue weighted by Crippen LogP contribution is 2.42. The largest absolute Gasteiger partial charge is 0.450 e. The van der Waals surface area contributed by atoms with Gasteiger partial charge in [-0.2, -0.15) is 0 Å². The van der Waals surface area contributed by atoms with Crippen molar-refractivity contribution in [3.8, 4) is 0 Å². The SMILES string of the molecule is Cc1ccc2oc3c(c(=O)c2c1)C(c1ccccc1)N(c1ccc(C)c(Cl)c1)C3=O. The van der Waals surface area contributed by atoms with Gasteiger partial charge in [0.2, 0.25) is 5.76 Å². The van der Waals surface area contributed by atoms with Crippen molar-refractivity contribution in [1.29, 1.82) is 0 Å². The van der Waals surface area contributed by atoms with Crippen molar-refractivity contribution in [2.45, 2.75) is 19.9 Å². The number of halogens is 1. The number of rotatable bonds is 2. The number of aryl methyl sites for hydroxylation is 2. The van der Waals surface area contributed by atoms with Crippen LogP contribution in [0.2, 0.25) is 5.02 Å². The lowest BCUT2D eigenvalue weighted by molar-refractivity contribution is 0.0971. The summed E-state index contributed by atoms with van der Waals surface area (Å²) >= 11 is 6.36. The average molecular weight is 416 g/mol. The molecule has 1 unspecified atom stereocenters. The Labute approximate surface area is 178 Å². The van der Waals surface area contributed by atoms with Gasteiger partial charge in [0, 0.05) is 10.7 Å². The Morgan fingerprint density at radius 3 is 2.43 bits per heavy atom. The third-order valence-electron chi connectivity index (χ3n) is 5.57. The molecule has 0 fully saturated rings. The number of carbonyl (C=O) groups is 1. The molecule has 2 heterocycles. The van der Waals surface area contributed by atoms with Crippen LogP contribution in [0.5, 0.6) is 0 Å². The molecule has 0 N–H and O–H groups in total. The van der Waals surface area contributed by atoms with Crippen LogP contribution in [0.15, 0.2) is 75.9 Å². The number of anilines is 1. The molecule has 148 valence electrons. The third-order valence-corrected chi connectivity index (χ3v) is 5.98. The molecule has 1 aromatic heterocycles. The lowest BCUT2D eigenvalue weighted by Crippen LogP contribution is -2.29. The first-order chi connectivity index (χ1) is 14.5. The summed E-state index contributed by atoms with van der Waals surface area (Å²) < 4.78 is 5.99. The Morgan fingerprint density at radius 1 is 0.933 bits per heavy atom. The molecular formula is C25H18ClNO3. The Balaban J connectivity index is 1.82. The second-order valence-corrected chi connectivity index (χ2v) is 8.00. The Morgan fingerprint density at radius 2 is 1.70 bits per heavy atom. The van der Waals surface area contributed by atoms with E-state index in [2.05, 4.69) is 0 Å². The highest BCUT2D eigenvalue weighted by molar-refractivity contribution is 6.31. The van der Waals surface area contributed by atoms with Gasteiger partial charge in [0.15, 0.2) is 5.43 Å². The summed E-state index contributed by atoms with van der Waals surface area (Å²) in [6.07, 6.45) is 0. The molecule has 0 saturated carbocycles. The molecule has 4 aromatic rings. The number of carbonyl (C=O) groups excluding carboxylic acids is 1. The summed E-state index contributed by atoms with van der Waals surface area (Å²) in [5.41, 5.74) is 3.91. The summed E-state index contributed by atoms with van der Waals surface area (Å²) in [5, 5.41) is 1.04. The van der Waals surface area contributed by atoms with E-state index < -0.39 is 6.04 Å². The van der Waals surface area contributed by atoms with Crippen LogP contribution in [0.25, 0.3) is 11.0 Å². The van der Waals surface area contributed by atoms with Gasteiger partial charge in [-0.05, 0) is 49.2 Å². The molecule has 1 atom stereocenters. The van der Waals surface area contributed by atoms with E-state index in [1.54, 1.807) is 23.1 Å². The quantitative estimate of drug-likeness (QED) is 0.415. The fourth-order valence-electron chi connectivity index (χ4n) is 4.04. The zero-order chi connectivity index (χ0) is 21.0. The van der Waals surface area contributed by atoms with Crippen molar-refractivity contribution in [3.63, 3.8) is 0 Å². The van der Waals surface area contributed by atoms with Crippen LogP contribution in [0, 0.1) is 13.8 Å². The molecule has 30 heavy (non-hydrogen) atoms. The Kier molecular flexibility index (Phi) is 4.26. The minimum absolute atomic E-state index is 0.0851. The highest BCUT2D eigenvalue weighted by atomic mass is 35.5. The molecule has 5 rings (SSSR count). The van der Waals surface area contributed by atoms with Gasteiger partial charge in [-0.15, -0.1) is 0 Å². The molecule has 3 aromatic carbocycles. The zero-order valence-electron chi connectivity index (χ0n) is 16.5. The van der Waals surface area contributed by atoms with E-state index in [4.69, 9.17) is 16.0 Å². The number of nitrogens with zero attached hydrogens (tertiary/aromatic N) is 1. The monoisotopic (exact) mass is 415 g/mol. The van der Waals surface area contributed by atoms with E-state index in [-0.39, 0.29) is 17.1 Å². The van der Waals surface area contributed by atoms with Gasteiger partial charge in [0.05, 0.1) is 17.0 Å². The van der Waals surface area contributed by atoms with Crippen LogP contribution < -0.4 is 10.3 Å². The summed E-state index contributed by atoms with van der Waals surface area (Å²) in [7, 11) is 0. The molecule has 1 amide bonds. The molecular weight excluding hydrogens is 398 g/mol. The maximum Gasteiger partial charge on any atom is 0.295 e. The first kappa shape index (κ1) is 18.6. The van der Waals surface area contributed by atoms with Crippen molar-refractivity contribution in [2.24, 2.45) is 0 Å². The third kappa shape index (κ3) is 2.76. The molecule has 1 aliphatic rings. The van der Waals surface area contributed by atoms with Crippen LogP contribution in [0.1, 0.15) is 38.9 Å². The number of hydrogen-bond donors (Lipinski definition) is 0. The summed E-state index contributed by atoms with van der Waals surface area (Å²) in [4.78, 5) is 28.6. The first-order valence-corrected chi connectivity index (χ1v) is 10.1. The average Bonchev–Trinajstić information content (AvgIpc) is 3.04. The molecule has 0 spiro atoms. The molecule has 0 bridgehead atoms. The lowest BCUT2D eigenvalue weighted by Gasteiger charge is -2.25. The van der Waals surface area contributed by atoms with Crippen molar-refractivity contribution in [3.05, 3.63) is 110 Å². The van der Waals surface area contributed by atoms with Gasteiger partial charge in [0.1, 0.15) is 5.58 Å². The van der Waals surface area contributed by atoms with Gasteiger partial charge in [-0.1, -0.05) is 59.6 Å². The van der Waals surface area contributed by atoms with Crippen LogP contribution in [0.3, 0.4) is 0 Å². The fourth-order valence-corrected chi connectivity index (χ4v) is 4.21. The summed E-state index contributed by atoms with van der Waals surface area (Å²) in [6, 6.07) is 19.8. The van der Waals surface area contributed by atoms with E-state index in [1.807, 2.05) is 62.4 Å². The standard InChI is InChI=1S/C25H18ClNO3/c1-14-8-11-20-18(12-14)23(28)21-22(16-6-4-3-5-7-16)27(25(29)24(21)30-20)17-10-9-15(2)19(26)13-17/h3-13,22H,1-2H3. The normalized spacial score (nSPS) is 15.6. The minimum Gasteiger partial charge on any atom is -0.450 e. The van der Waals surface area contributed by atoms with Gasteiger partial charge in [-0.3, -0.25) is 14.5 Å². The van der Waals surface area contributed by atoms with Crippen molar-refractivity contribution in [1.82, 2.24) is 0 Å². The van der Waals surface area contributed by atoms with Crippen LogP contribution in [-0.2, 0) is 0 Å². The van der Waals surface area contributed by atoms with E-state index in [1.165, 1.54) is 0 Å². The maximum atomic E-state index is 13.5. The second kappa shape index (κ2) is 6.85. The van der Waals surface area contributed by atoms with E-state index >= 15 is 0 Å². The minimum atomic E-state index is -0.589. The Bertz CT molecular complexity index is 1370. The van der Waals surface area contributed by atoms with E-state index in [0.29, 0.717) is 27.2 Å². The maximum absolute atomic E-state index is 13.5. The molecule has 4 nitrogen and oxygen atoms in total.